The highest BCUT2D eigenvalue weighted by atomic mass is 16.3. The van der Waals surface area contributed by atoms with E-state index in [9.17, 15) is 5.11 Å². The largest absolute Gasteiger partial charge is 0.507 e. The van der Waals surface area contributed by atoms with Crippen molar-refractivity contribution in [2.24, 2.45) is 0 Å². The number of hydrogen-bond donors (Lipinski definition) is 2. The second-order valence-corrected chi connectivity index (χ2v) is 4.33. The zero-order valence-electron chi connectivity index (χ0n) is 10.3. The van der Waals surface area contributed by atoms with Gasteiger partial charge in [-0.1, -0.05) is 6.07 Å². The third kappa shape index (κ3) is 2.28. The molecule has 0 amide bonds. The highest BCUT2D eigenvalue weighted by Crippen LogP contribution is 2.30. The average molecular weight is 231 g/mol. The number of aromatic hydroxyl groups is 1. The van der Waals surface area contributed by atoms with E-state index in [1.807, 2.05) is 32.0 Å². The van der Waals surface area contributed by atoms with Crippen LogP contribution >= 0.6 is 0 Å². The fourth-order valence-electron chi connectivity index (χ4n) is 1.83. The lowest BCUT2D eigenvalue weighted by Crippen LogP contribution is -2.06. The quantitative estimate of drug-likeness (QED) is 0.845. The maximum Gasteiger partial charge on any atom is 0.123 e. The first-order valence-electron chi connectivity index (χ1n) is 5.67. The van der Waals surface area contributed by atoms with Gasteiger partial charge in [-0.05, 0) is 38.5 Å². The first-order chi connectivity index (χ1) is 8.09. The fourth-order valence-corrected chi connectivity index (χ4v) is 1.83. The van der Waals surface area contributed by atoms with Crippen LogP contribution in [0.15, 0.2) is 35.1 Å². The van der Waals surface area contributed by atoms with Crippen LogP contribution < -0.4 is 5.32 Å². The van der Waals surface area contributed by atoms with Crippen LogP contribution in [0.2, 0.25) is 0 Å². The Bertz CT molecular complexity index is 503. The van der Waals surface area contributed by atoms with Gasteiger partial charge in [0.05, 0.1) is 18.6 Å². The average Bonchev–Trinajstić information content (AvgIpc) is 2.83. The number of aryl methyl sites for hydroxylation is 1. The number of rotatable bonds is 3. The lowest BCUT2D eigenvalue weighted by atomic mass is 10.1. The number of nitrogens with one attached hydrogen (secondary N) is 1. The molecule has 2 rings (SSSR count). The molecule has 3 heteroatoms. The van der Waals surface area contributed by atoms with Gasteiger partial charge in [-0.2, -0.15) is 0 Å². The highest BCUT2D eigenvalue weighted by Gasteiger charge is 2.10. The molecular weight excluding hydrogens is 214 g/mol. The molecule has 1 heterocycles. The molecule has 0 aliphatic rings. The van der Waals surface area contributed by atoms with E-state index in [1.165, 1.54) is 0 Å². The van der Waals surface area contributed by atoms with E-state index in [4.69, 9.17) is 4.42 Å². The monoisotopic (exact) mass is 231 g/mol. The molecule has 0 aliphatic heterocycles. The van der Waals surface area contributed by atoms with Crippen molar-refractivity contribution >= 4 is 5.69 Å². The zero-order valence-corrected chi connectivity index (χ0v) is 10.3. The summed E-state index contributed by atoms with van der Waals surface area (Å²) >= 11 is 0. The van der Waals surface area contributed by atoms with Gasteiger partial charge in [0, 0.05) is 16.8 Å². The molecule has 1 atom stereocenters. The third-order valence-electron chi connectivity index (χ3n) is 3.05. The van der Waals surface area contributed by atoms with Gasteiger partial charge in [0.2, 0.25) is 0 Å². The molecular formula is C14H17NO2. The Kier molecular flexibility index (Phi) is 3.09. The van der Waals surface area contributed by atoms with E-state index in [0.29, 0.717) is 5.75 Å². The van der Waals surface area contributed by atoms with Gasteiger partial charge in [-0.25, -0.2) is 0 Å². The van der Waals surface area contributed by atoms with E-state index >= 15 is 0 Å². The van der Waals surface area contributed by atoms with Crippen molar-refractivity contribution in [2.75, 3.05) is 5.32 Å². The number of hydrogen-bond acceptors (Lipinski definition) is 3. The standard InChI is InChI=1S/C14H17NO2/c1-9-4-5-13(10(2)14(9)16)15-11(3)12-6-7-17-8-12/h4-8,11,15-16H,1-3H3. The van der Waals surface area contributed by atoms with Crippen LogP contribution in [0, 0.1) is 13.8 Å². The van der Waals surface area contributed by atoms with Gasteiger partial charge in [0.15, 0.2) is 0 Å². The molecule has 0 aliphatic carbocycles. The van der Waals surface area contributed by atoms with Gasteiger partial charge < -0.3 is 14.8 Å². The lowest BCUT2D eigenvalue weighted by Gasteiger charge is -2.17. The Morgan fingerprint density at radius 1 is 1.24 bits per heavy atom. The van der Waals surface area contributed by atoms with E-state index in [-0.39, 0.29) is 6.04 Å². The van der Waals surface area contributed by atoms with Crippen molar-refractivity contribution in [3.63, 3.8) is 0 Å². The summed E-state index contributed by atoms with van der Waals surface area (Å²) in [4.78, 5) is 0. The van der Waals surface area contributed by atoms with Crippen LogP contribution in [-0.4, -0.2) is 5.11 Å². The summed E-state index contributed by atoms with van der Waals surface area (Å²) in [7, 11) is 0. The molecule has 17 heavy (non-hydrogen) atoms. The van der Waals surface area contributed by atoms with Crippen LogP contribution in [0.1, 0.15) is 29.7 Å². The summed E-state index contributed by atoms with van der Waals surface area (Å²) in [5.41, 5.74) is 3.80. The number of phenols is 1. The van der Waals surface area contributed by atoms with Crippen LogP contribution in [0.5, 0.6) is 5.75 Å². The molecule has 1 aromatic heterocycles. The van der Waals surface area contributed by atoms with E-state index in [0.717, 1.165) is 22.4 Å². The summed E-state index contributed by atoms with van der Waals surface area (Å²) in [6.45, 7) is 5.86. The predicted molar refractivity (Wildman–Crippen MR) is 68.3 cm³/mol. The highest BCUT2D eigenvalue weighted by molar-refractivity contribution is 5.59. The number of furan rings is 1. The Labute approximate surface area is 101 Å². The molecule has 90 valence electrons. The van der Waals surface area contributed by atoms with E-state index < -0.39 is 0 Å². The second-order valence-electron chi connectivity index (χ2n) is 4.33. The van der Waals surface area contributed by atoms with Crippen LogP contribution in [0.4, 0.5) is 5.69 Å². The molecule has 1 unspecified atom stereocenters. The lowest BCUT2D eigenvalue weighted by molar-refractivity contribution is 0.467. The predicted octanol–water partition coefficient (Wildman–Crippen LogP) is 3.78. The summed E-state index contributed by atoms with van der Waals surface area (Å²) in [5.74, 6) is 0.356. The van der Waals surface area contributed by atoms with Gasteiger partial charge in [0.1, 0.15) is 5.75 Å². The Balaban J connectivity index is 2.22. The van der Waals surface area contributed by atoms with Gasteiger partial charge in [-0.3, -0.25) is 0 Å². The summed E-state index contributed by atoms with van der Waals surface area (Å²) in [6.07, 6.45) is 3.38. The maximum absolute atomic E-state index is 9.87. The van der Waals surface area contributed by atoms with Crippen molar-refractivity contribution in [2.45, 2.75) is 26.8 Å². The van der Waals surface area contributed by atoms with Gasteiger partial charge in [0.25, 0.3) is 0 Å². The molecule has 2 N–H and O–H groups in total. The molecule has 0 fully saturated rings. The van der Waals surface area contributed by atoms with Crippen molar-refractivity contribution in [3.05, 3.63) is 47.4 Å². The Morgan fingerprint density at radius 2 is 2.00 bits per heavy atom. The van der Waals surface area contributed by atoms with Crippen molar-refractivity contribution < 1.29 is 9.52 Å². The first-order valence-corrected chi connectivity index (χ1v) is 5.67. The summed E-state index contributed by atoms with van der Waals surface area (Å²) in [5, 5.41) is 13.2. The Morgan fingerprint density at radius 3 is 2.65 bits per heavy atom. The molecule has 0 saturated heterocycles. The third-order valence-corrected chi connectivity index (χ3v) is 3.05. The maximum atomic E-state index is 9.87. The number of anilines is 1. The Hall–Kier alpha value is -1.90. The first kappa shape index (κ1) is 11.6. The topological polar surface area (TPSA) is 45.4 Å². The number of benzene rings is 1. The molecule has 2 aromatic rings. The molecule has 0 bridgehead atoms. The minimum Gasteiger partial charge on any atom is -0.507 e. The van der Waals surface area contributed by atoms with Crippen molar-refractivity contribution in [3.8, 4) is 5.75 Å². The summed E-state index contributed by atoms with van der Waals surface area (Å²) in [6, 6.07) is 5.98. The van der Waals surface area contributed by atoms with Crippen molar-refractivity contribution in [1.29, 1.82) is 0 Å². The molecule has 1 aromatic carbocycles. The smallest absolute Gasteiger partial charge is 0.123 e. The van der Waals surface area contributed by atoms with Crippen molar-refractivity contribution in [1.82, 2.24) is 0 Å². The molecule has 3 nitrogen and oxygen atoms in total. The van der Waals surface area contributed by atoms with Gasteiger partial charge in [-0.15, -0.1) is 0 Å². The minimum atomic E-state index is 0.148. The zero-order chi connectivity index (χ0) is 12.4. The van der Waals surface area contributed by atoms with Crippen LogP contribution in [0.25, 0.3) is 0 Å². The number of phenolic OH excluding ortho intramolecular Hbond substituents is 1. The molecule has 0 spiro atoms. The normalized spacial score (nSPS) is 12.4. The van der Waals surface area contributed by atoms with Crippen LogP contribution in [0.3, 0.4) is 0 Å². The van der Waals surface area contributed by atoms with E-state index in [2.05, 4.69) is 12.2 Å². The van der Waals surface area contributed by atoms with Gasteiger partial charge >= 0.3 is 0 Å². The fraction of sp³-hybridized carbons (Fsp3) is 0.286. The molecule has 0 saturated carbocycles. The SMILES string of the molecule is Cc1ccc(NC(C)c2ccoc2)c(C)c1O. The summed E-state index contributed by atoms with van der Waals surface area (Å²) < 4.78 is 5.06. The minimum absolute atomic E-state index is 0.148. The second kappa shape index (κ2) is 4.53. The molecule has 0 radical (unpaired) electrons. The van der Waals surface area contributed by atoms with E-state index in [1.54, 1.807) is 12.5 Å². The van der Waals surface area contributed by atoms with Crippen LogP contribution in [-0.2, 0) is 0 Å².